The Morgan fingerprint density at radius 3 is 2.02 bits per heavy atom. The van der Waals surface area contributed by atoms with Crippen molar-refractivity contribution in [3.8, 4) is 11.1 Å². The van der Waals surface area contributed by atoms with Crippen molar-refractivity contribution in [2.75, 3.05) is 19.8 Å². The van der Waals surface area contributed by atoms with Crippen LogP contribution in [0.15, 0.2) is 140 Å². The van der Waals surface area contributed by atoms with E-state index < -0.39 is 29.7 Å². The van der Waals surface area contributed by atoms with Crippen LogP contribution in [0.4, 0.5) is 9.59 Å². The second-order valence-corrected chi connectivity index (χ2v) is 15.2. The van der Waals surface area contributed by atoms with E-state index in [-0.39, 0.29) is 61.6 Å². The van der Waals surface area contributed by atoms with E-state index >= 15 is 0 Å². The quantitative estimate of drug-likeness (QED) is 0.0458. The summed E-state index contributed by atoms with van der Waals surface area (Å²) in [4.78, 5) is 55.3. The molecule has 2 amide bonds. The molecule has 6 rings (SSSR count). The predicted octanol–water partition coefficient (Wildman–Crippen LogP) is 9.29. The van der Waals surface area contributed by atoms with Crippen molar-refractivity contribution in [1.29, 1.82) is 0 Å². The number of ether oxygens (including phenoxy) is 2. The van der Waals surface area contributed by atoms with Gasteiger partial charge in [-0.05, 0) is 52.6 Å². The number of benzene rings is 5. The van der Waals surface area contributed by atoms with Gasteiger partial charge in [0.05, 0.1) is 6.04 Å². The van der Waals surface area contributed by atoms with E-state index in [0.29, 0.717) is 23.1 Å². The summed E-state index contributed by atoms with van der Waals surface area (Å²) in [5.41, 5.74) is 5.34. The van der Waals surface area contributed by atoms with E-state index in [1.54, 1.807) is 24.3 Å². The zero-order valence-corrected chi connectivity index (χ0v) is 33.9. The van der Waals surface area contributed by atoms with Crippen LogP contribution in [-0.4, -0.2) is 54.7 Å². The Kier molecular flexibility index (Phi) is 13.9. The topological polar surface area (TPSA) is 131 Å². The van der Waals surface area contributed by atoms with Crippen molar-refractivity contribution < 1.29 is 33.8 Å². The third-order valence-corrected chi connectivity index (χ3v) is 11.3. The van der Waals surface area contributed by atoms with Gasteiger partial charge >= 0.3 is 12.2 Å². The minimum absolute atomic E-state index is 0.00918. The number of nitrogens with one attached hydrogen (secondary N) is 2. The second-order valence-electron chi connectivity index (χ2n) is 15.2. The number of amides is 2. The highest BCUT2D eigenvalue weighted by Gasteiger charge is 2.39. The molecule has 1 aliphatic carbocycles. The van der Waals surface area contributed by atoms with Crippen LogP contribution in [0.2, 0.25) is 0 Å². The Hall–Kier alpha value is -6.32. The largest absolute Gasteiger partial charge is 0.449 e. The van der Waals surface area contributed by atoms with Gasteiger partial charge in [0.25, 0.3) is 0 Å². The summed E-state index contributed by atoms with van der Waals surface area (Å²) in [5, 5.41) is 18.3. The standard InChI is InChI=1S/C50H52N2O7/c1-5-30-58-48(55)51-29-28-35(47(54)42-22-14-15-23-44(42)50(57,36-16-8-7-9-17-36)37-26-24-33(3)25-27-37)31-45(53)46(34(4)6-2)52-49(56)59-32-43-40-20-12-10-18-38(40)39-19-11-13-21-41(39)43/h5,7-27,34-35,43,46,57H,1,6,28-32H2,2-4H3,(H,51,55)(H,52,56). The maximum Gasteiger partial charge on any atom is 0.407 e. The number of hydrogen-bond acceptors (Lipinski definition) is 7. The van der Waals surface area contributed by atoms with Crippen LogP contribution in [0, 0.1) is 18.8 Å². The van der Waals surface area contributed by atoms with Gasteiger partial charge in [-0.3, -0.25) is 9.59 Å². The first-order chi connectivity index (χ1) is 28.6. The lowest BCUT2D eigenvalue weighted by Crippen LogP contribution is -2.46. The van der Waals surface area contributed by atoms with Crippen molar-refractivity contribution in [2.45, 2.75) is 57.6 Å². The van der Waals surface area contributed by atoms with Gasteiger partial charge < -0.3 is 25.2 Å². The Morgan fingerprint density at radius 1 is 0.780 bits per heavy atom. The molecule has 0 heterocycles. The van der Waals surface area contributed by atoms with Gasteiger partial charge in [0, 0.05) is 35.9 Å². The normalized spacial score (nSPS) is 14.4. The third kappa shape index (κ3) is 9.53. The fourth-order valence-corrected chi connectivity index (χ4v) is 7.96. The summed E-state index contributed by atoms with van der Waals surface area (Å²) in [6.45, 7) is 9.44. The van der Waals surface area contributed by atoms with Crippen molar-refractivity contribution in [3.63, 3.8) is 0 Å². The lowest BCUT2D eigenvalue weighted by atomic mass is 9.75. The van der Waals surface area contributed by atoms with Gasteiger partial charge in [-0.1, -0.05) is 166 Å². The van der Waals surface area contributed by atoms with E-state index in [9.17, 15) is 24.3 Å². The third-order valence-electron chi connectivity index (χ3n) is 11.3. The highest BCUT2D eigenvalue weighted by Crippen LogP contribution is 2.44. The molecule has 0 bridgehead atoms. The lowest BCUT2D eigenvalue weighted by molar-refractivity contribution is -0.122. The maximum atomic E-state index is 14.9. The van der Waals surface area contributed by atoms with Crippen molar-refractivity contribution in [2.24, 2.45) is 11.8 Å². The molecule has 304 valence electrons. The number of hydrogen-bond donors (Lipinski definition) is 3. The average molecular weight is 793 g/mol. The molecule has 0 radical (unpaired) electrons. The molecule has 0 saturated heterocycles. The van der Waals surface area contributed by atoms with Crippen molar-refractivity contribution in [1.82, 2.24) is 10.6 Å². The summed E-state index contributed by atoms with van der Waals surface area (Å²) in [6.07, 6.45) is 0.436. The molecule has 4 unspecified atom stereocenters. The summed E-state index contributed by atoms with van der Waals surface area (Å²) in [6, 6.07) is 38.7. The molecule has 59 heavy (non-hydrogen) atoms. The zero-order valence-electron chi connectivity index (χ0n) is 33.9. The van der Waals surface area contributed by atoms with Gasteiger partial charge in [0.1, 0.15) is 18.8 Å². The van der Waals surface area contributed by atoms with Crippen LogP contribution in [0.1, 0.15) is 82.8 Å². The van der Waals surface area contributed by atoms with E-state index in [2.05, 4.69) is 29.3 Å². The van der Waals surface area contributed by atoms with Gasteiger partial charge in [-0.15, -0.1) is 0 Å². The van der Waals surface area contributed by atoms with Crippen molar-refractivity contribution >= 4 is 23.8 Å². The Morgan fingerprint density at radius 2 is 1.37 bits per heavy atom. The van der Waals surface area contributed by atoms with E-state index in [0.717, 1.165) is 27.8 Å². The number of rotatable bonds is 18. The number of fused-ring (bicyclic) bond motifs is 3. The summed E-state index contributed by atoms with van der Waals surface area (Å²) in [5.74, 6) is -2.14. The van der Waals surface area contributed by atoms with Gasteiger partial charge in [-0.25, -0.2) is 9.59 Å². The Balaban J connectivity index is 1.27. The number of alkyl carbamates (subject to hydrolysis) is 2. The molecule has 5 aromatic rings. The lowest BCUT2D eigenvalue weighted by Gasteiger charge is -2.32. The molecule has 0 fully saturated rings. The van der Waals surface area contributed by atoms with Gasteiger partial charge in [0.2, 0.25) is 0 Å². The van der Waals surface area contributed by atoms with Crippen LogP contribution in [0.3, 0.4) is 0 Å². The fraction of sp³-hybridized carbons (Fsp3) is 0.280. The number of ketones is 2. The summed E-state index contributed by atoms with van der Waals surface area (Å²) >= 11 is 0. The minimum Gasteiger partial charge on any atom is -0.449 e. The van der Waals surface area contributed by atoms with E-state index in [1.807, 2.05) is 112 Å². The van der Waals surface area contributed by atoms with Crippen LogP contribution in [-0.2, 0) is 19.9 Å². The first-order valence-corrected chi connectivity index (χ1v) is 20.2. The zero-order chi connectivity index (χ0) is 41.9. The molecular weight excluding hydrogens is 741 g/mol. The van der Waals surface area contributed by atoms with Crippen molar-refractivity contribution in [3.05, 3.63) is 179 Å². The van der Waals surface area contributed by atoms with Crippen LogP contribution in [0.25, 0.3) is 11.1 Å². The van der Waals surface area contributed by atoms with Gasteiger partial charge in [-0.2, -0.15) is 0 Å². The molecule has 5 aromatic carbocycles. The molecule has 1 aliphatic rings. The van der Waals surface area contributed by atoms with Gasteiger partial charge in [0.15, 0.2) is 11.6 Å². The molecule has 0 aliphatic heterocycles. The first-order valence-electron chi connectivity index (χ1n) is 20.2. The minimum atomic E-state index is -1.73. The summed E-state index contributed by atoms with van der Waals surface area (Å²) < 4.78 is 10.9. The first kappa shape index (κ1) is 42.3. The molecule has 9 nitrogen and oxygen atoms in total. The molecule has 0 spiro atoms. The van der Waals surface area contributed by atoms with E-state index in [1.165, 1.54) is 6.08 Å². The highest BCUT2D eigenvalue weighted by atomic mass is 16.6. The van der Waals surface area contributed by atoms with Crippen LogP contribution >= 0.6 is 0 Å². The van der Waals surface area contributed by atoms with E-state index in [4.69, 9.17) is 9.47 Å². The summed E-state index contributed by atoms with van der Waals surface area (Å²) in [7, 11) is 0. The smallest absolute Gasteiger partial charge is 0.407 e. The molecule has 0 aromatic heterocycles. The number of carbonyl (C=O) groups is 4. The molecule has 0 saturated carbocycles. The predicted molar refractivity (Wildman–Crippen MR) is 229 cm³/mol. The maximum absolute atomic E-state index is 14.9. The highest BCUT2D eigenvalue weighted by molar-refractivity contribution is 6.02. The molecule has 9 heteroatoms. The average Bonchev–Trinajstić information content (AvgIpc) is 3.59. The SMILES string of the molecule is C=CCOC(=O)NCCC(CC(=O)C(NC(=O)OCC1c2ccccc2-c2ccccc21)C(C)CC)C(=O)c1ccccc1C(O)(c1ccccc1)c1ccc(C)cc1. The Bertz CT molecular complexity index is 2230. The Labute approximate surface area is 346 Å². The number of Topliss-reactive ketones (excluding diaryl/α,β-unsaturated/α-hetero) is 2. The number of aryl methyl sites for hydroxylation is 1. The second kappa shape index (κ2) is 19.4. The van der Waals surface area contributed by atoms with Crippen LogP contribution < -0.4 is 10.6 Å². The molecule has 4 atom stereocenters. The monoisotopic (exact) mass is 792 g/mol. The number of carbonyl (C=O) groups excluding carboxylic acids is 4. The fourth-order valence-electron chi connectivity index (χ4n) is 7.96. The molecular formula is C50H52N2O7. The number of aliphatic hydroxyl groups is 1. The van der Waals surface area contributed by atoms with Crippen LogP contribution in [0.5, 0.6) is 0 Å². The molecule has 3 N–H and O–H groups in total.